The van der Waals surface area contributed by atoms with Crippen LogP contribution in [0, 0.1) is 0 Å². The van der Waals surface area contributed by atoms with Gasteiger partial charge < -0.3 is 4.74 Å². The van der Waals surface area contributed by atoms with E-state index in [1.165, 1.54) is 23.1 Å². The average Bonchev–Trinajstić information content (AvgIpc) is 3.29. The van der Waals surface area contributed by atoms with Crippen LogP contribution in [0.25, 0.3) is 0 Å². The number of rotatable bonds is 9. The van der Waals surface area contributed by atoms with E-state index in [9.17, 15) is 9.59 Å². The van der Waals surface area contributed by atoms with Crippen LogP contribution in [-0.2, 0) is 6.61 Å². The molecular weight excluding hydrogens is 522 g/mol. The summed E-state index contributed by atoms with van der Waals surface area (Å²) in [6, 6.07) is 24.1. The first-order valence-electron chi connectivity index (χ1n) is 9.90. The van der Waals surface area contributed by atoms with Gasteiger partial charge in [0, 0.05) is 10.0 Å². The number of ether oxygens (including phenoxy) is 1. The van der Waals surface area contributed by atoms with E-state index in [1.807, 2.05) is 36.4 Å². The lowest BCUT2D eigenvalue weighted by Crippen LogP contribution is -2.12. The van der Waals surface area contributed by atoms with Crippen LogP contribution in [0.15, 0.2) is 87.7 Å². The number of nitrogens with one attached hydrogen (secondary N) is 1. The lowest BCUT2D eigenvalue weighted by Gasteiger charge is -2.07. The van der Waals surface area contributed by atoms with Gasteiger partial charge in [-0.1, -0.05) is 65.6 Å². The number of halogens is 1. The van der Waals surface area contributed by atoms with E-state index in [1.54, 1.807) is 42.5 Å². The van der Waals surface area contributed by atoms with Crippen molar-refractivity contribution < 1.29 is 14.3 Å². The topological polar surface area (TPSA) is 81.2 Å². The van der Waals surface area contributed by atoms with Gasteiger partial charge in [0.1, 0.15) is 12.4 Å². The van der Waals surface area contributed by atoms with Crippen LogP contribution in [-0.4, -0.2) is 27.6 Å². The van der Waals surface area contributed by atoms with Crippen LogP contribution in [0.5, 0.6) is 5.75 Å². The Morgan fingerprint density at radius 1 is 0.939 bits per heavy atom. The monoisotopic (exact) mass is 539 g/mol. The van der Waals surface area contributed by atoms with Gasteiger partial charge in [-0.05, 0) is 57.9 Å². The first-order chi connectivity index (χ1) is 16.1. The third-order valence-corrected chi connectivity index (χ3v) is 7.16. The first kappa shape index (κ1) is 23.2. The fourth-order valence-corrected chi connectivity index (χ4v) is 4.92. The molecule has 9 heteroatoms. The molecule has 0 bridgehead atoms. The SMILES string of the molecule is O=C(CSc1nnc(NC(=O)c2ccccc2Br)s1)c1ccc(OCc2ccccc2)cc1. The summed E-state index contributed by atoms with van der Waals surface area (Å²) in [5.41, 5.74) is 2.19. The molecule has 1 aromatic heterocycles. The number of carbonyl (C=O) groups excluding carboxylic acids is 2. The molecule has 0 radical (unpaired) electrons. The highest BCUT2D eigenvalue weighted by molar-refractivity contribution is 9.10. The van der Waals surface area contributed by atoms with Crippen molar-refractivity contribution in [3.8, 4) is 5.75 Å². The van der Waals surface area contributed by atoms with Crippen molar-refractivity contribution in [2.45, 2.75) is 10.9 Å². The Bertz CT molecular complexity index is 1250. The third kappa shape index (κ3) is 6.50. The molecule has 0 spiro atoms. The third-order valence-electron chi connectivity index (χ3n) is 4.50. The maximum atomic E-state index is 12.5. The lowest BCUT2D eigenvalue weighted by molar-refractivity contribution is 0.101. The van der Waals surface area contributed by atoms with Gasteiger partial charge in [0.25, 0.3) is 5.91 Å². The highest BCUT2D eigenvalue weighted by atomic mass is 79.9. The molecule has 3 aromatic carbocycles. The highest BCUT2D eigenvalue weighted by Gasteiger charge is 2.14. The van der Waals surface area contributed by atoms with Crippen LogP contribution in [0.3, 0.4) is 0 Å². The summed E-state index contributed by atoms with van der Waals surface area (Å²) in [5.74, 6) is 0.624. The summed E-state index contributed by atoms with van der Waals surface area (Å²) in [7, 11) is 0. The number of carbonyl (C=O) groups is 2. The predicted molar refractivity (Wildman–Crippen MR) is 134 cm³/mol. The van der Waals surface area contributed by atoms with Gasteiger partial charge in [-0.3, -0.25) is 14.9 Å². The van der Waals surface area contributed by atoms with Crippen LogP contribution in [0.1, 0.15) is 26.3 Å². The van der Waals surface area contributed by atoms with E-state index in [0.29, 0.717) is 37.4 Å². The highest BCUT2D eigenvalue weighted by Crippen LogP contribution is 2.27. The summed E-state index contributed by atoms with van der Waals surface area (Å²) in [6.07, 6.45) is 0. The van der Waals surface area contributed by atoms with Crippen molar-refractivity contribution in [1.82, 2.24) is 10.2 Å². The van der Waals surface area contributed by atoms with Crippen molar-refractivity contribution in [2.75, 3.05) is 11.1 Å². The van der Waals surface area contributed by atoms with E-state index >= 15 is 0 Å². The summed E-state index contributed by atoms with van der Waals surface area (Å²) in [6.45, 7) is 0.473. The van der Waals surface area contributed by atoms with Crippen molar-refractivity contribution in [1.29, 1.82) is 0 Å². The summed E-state index contributed by atoms with van der Waals surface area (Å²) in [5, 5.41) is 11.2. The van der Waals surface area contributed by atoms with E-state index in [4.69, 9.17) is 4.74 Å². The van der Waals surface area contributed by atoms with E-state index in [-0.39, 0.29) is 17.4 Å². The average molecular weight is 540 g/mol. The minimum Gasteiger partial charge on any atom is -0.489 e. The molecule has 0 unspecified atom stereocenters. The number of thioether (sulfide) groups is 1. The molecule has 0 aliphatic carbocycles. The molecule has 166 valence electrons. The number of nitrogens with zero attached hydrogens (tertiary/aromatic N) is 2. The number of hydrogen-bond donors (Lipinski definition) is 1. The second kappa shape index (κ2) is 11.2. The number of Topliss-reactive ketones (excluding diaryl/α,β-unsaturated/α-hetero) is 1. The molecule has 0 saturated heterocycles. The van der Waals surface area contributed by atoms with Gasteiger partial charge in [-0.2, -0.15) is 0 Å². The van der Waals surface area contributed by atoms with Crippen molar-refractivity contribution in [3.05, 3.63) is 100 Å². The summed E-state index contributed by atoms with van der Waals surface area (Å²) < 4.78 is 7.06. The lowest BCUT2D eigenvalue weighted by atomic mass is 10.1. The van der Waals surface area contributed by atoms with E-state index < -0.39 is 0 Å². The Balaban J connectivity index is 1.27. The molecule has 1 N–H and O–H groups in total. The van der Waals surface area contributed by atoms with Gasteiger partial charge in [-0.15, -0.1) is 10.2 Å². The molecule has 0 fully saturated rings. The van der Waals surface area contributed by atoms with Gasteiger partial charge in [-0.25, -0.2) is 0 Å². The van der Waals surface area contributed by atoms with E-state index in [2.05, 4.69) is 31.4 Å². The van der Waals surface area contributed by atoms with Gasteiger partial charge in [0.05, 0.1) is 11.3 Å². The predicted octanol–water partition coefficient (Wildman–Crippen LogP) is 6.11. The molecule has 6 nitrogen and oxygen atoms in total. The zero-order chi connectivity index (χ0) is 23.0. The fraction of sp³-hybridized carbons (Fsp3) is 0.0833. The van der Waals surface area contributed by atoms with Crippen LogP contribution in [0.2, 0.25) is 0 Å². The van der Waals surface area contributed by atoms with E-state index in [0.717, 1.165) is 5.56 Å². The second-order valence-electron chi connectivity index (χ2n) is 6.82. The summed E-state index contributed by atoms with van der Waals surface area (Å²) >= 11 is 5.87. The fourth-order valence-electron chi connectivity index (χ4n) is 2.82. The van der Waals surface area contributed by atoms with Crippen LogP contribution < -0.4 is 10.1 Å². The molecule has 4 aromatic rings. The Morgan fingerprint density at radius 3 is 2.42 bits per heavy atom. The Kier molecular flexibility index (Phi) is 7.87. The van der Waals surface area contributed by atoms with Crippen LogP contribution in [0.4, 0.5) is 5.13 Å². The number of hydrogen-bond acceptors (Lipinski definition) is 7. The molecular formula is C24H18BrN3O3S2. The molecule has 33 heavy (non-hydrogen) atoms. The van der Waals surface area contributed by atoms with Crippen LogP contribution >= 0.6 is 39.0 Å². The maximum Gasteiger partial charge on any atom is 0.258 e. The molecule has 0 aliphatic rings. The molecule has 1 heterocycles. The molecule has 0 aliphatic heterocycles. The zero-order valence-corrected chi connectivity index (χ0v) is 20.5. The quantitative estimate of drug-likeness (QED) is 0.157. The zero-order valence-electron chi connectivity index (χ0n) is 17.2. The minimum atomic E-state index is -0.277. The van der Waals surface area contributed by atoms with Gasteiger partial charge in [0.15, 0.2) is 10.1 Å². The number of ketones is 1. The number of amides is 1. The second-order valence-corrected chi connectivity index (χ2v) is 9.87. The van der Waals surface area contributed by atoms with Gasteiger partial charge in [0.2, 0.25) is 5.13 Å². The number of anilines is 1. The van der Waals surface area contributed by atoms with Crippen molar-refractivity contribution in [3.63, 3.8) is 0 Å². The number of aromatic nitrogens is 2. The number of benzene rings is 3. The molecule has 4 rings (SSSR count). The standard InChI is InChI=1S/C24H18BrN3O3S2/c25-20-9-5-4-8-19(20)22(30)26-23-27-28-24(33-23)32-15-21(29)17-10-12-18(13-11-17)31-14-16-6-2-1-3-7-16/h1-13H,14-15H2,(H,26,27,30). The van der Waals surface area contributed by atoms with Crippen molar-refractivity contribution >= 4 is 55.9 Å². The Labute approximate surface area is 207 Å². The normalized spacial score (nSPS) is 10.6. The minimum absolute atomic E-state index is 0.0244. The van der Waals surface area contributed by atoms with Gasteiger partial charge >= 0.3 is 0 Å². The Morgan fingerprint density at radius 2 is 1.67 bits per heavy atom. The largest absolute Gasteiger partial charge is 0.489 e. The Hall–Kier alpha value is -3.01. The molecule has 1 amide bonds. The summed E-state index contributed by atoms with van der Waals surface area (Å²) in [4.78, 5) is 24.9. The first-order valence-corrected chi connectivity index (χ1v) is 12.5. The molecule has 0 saturated carbocycles. The maximum absolute atomic E-state index is 12.5. The smallest absolute Gasteiger partial charge is 0.258 e. The van der Waals surface area contributed by atoms with Crippen molar-refractivity contribution in [2.24, 2.45) is 0 Å². The molecule has 0 atom stereocenters.